The van der Waals surface area contributed by atoms with Gasteiger partial charge in [-0.15, -0.1) is 0 Å². The van der Waals surface area contributed by atoms with Crippen molar-refractivity contribution >= 4 is 33.4 Å². The lowest BCUT2D eigenvalue weighted by Gasteiger charge is -2.30. The van der Waals surface area contributed by atoms with Crippen molar-refractivity contribution in [2.24, 2.45) is 5.73 Å². The molecular weight excluding hydrogens is 322 g/mol. The van der Waals surface area contributed by atoms with Gasteiger partial charge in [-0.2, -0.15) is 0 Å². The van der Waals surface area contributed by atoms with Gasteiger partial charge in [0.25, 0.3) is 5.91 Å². The molecular formula is C12H13BrClFN2O. The second-order valence-corrected chi connectivity index (χ2v) is 5.64. The Labute approximate surface area is 118 Å². The predicted octanol–water partition coefficient (Wildman–Crippen LogP) is 2.80. The van der Waals surface area contributed by atoms with Crippen molar-refractivity contribution in [1.82, 2.24) is 4.90 Å². The van der Waals surface area contributed by atoms with Crippen LogP contribution in [0.2, 0.25) is 5.02 Å². The highest BCUT2D eigenvalue weighted by atomic mass is 79.9. The lowest BCUT2D eigenvalue weighted by atomic mass is 10.0. The number of rotatable bonds is 1. The van der Waals surface area contributed by atoms with Crippen molar-refractivity contribution < 1.29 is 9.18 Å². The summed E-state index contributed by atoms with van der Waals surface area (Å²) >= 11 is 9.01. The van der Waals surface area contributed by atoms with Gasteiger partial charge in [-0.1, -0.05) is 11.6 Å². The molecule has 0 atom stereocenters. The Hall–Kier alpha value is -0.650. The van der Waals surface area contributed by atoms with Gasteiger partial charge in [-0.25, -0.2) is 4.39 Å². The highest BCUT2D eigenvalue weighted by Crippen LogP contribution is 2.26. The van der Waals surface area contributed by atoms with Crippen LogP contribution < -0.4 is 5.73 Å². The third-order valence-electron chi connectivity index (χ3n) is 3.07. The highest BCUT2D eigenvalue weighted by Gasteiger charge is 2.24. The molecule has 0 unspecified atom stereocenters. The number of nitrogens with zero attached hydrogens (tertiary/aromatic N) is 1. The van der Waals surface area contributed by atoms with Crippen molar-refractivity contribution in [3.63, 3.8) is 0 Å². The van der Waals surface area contributed by atoms with E-state index in [0.717, 1.165) is 12.8 Å². The summed E-state index contributed by atoms with van der Waals surface area (Å²) in [6.45, 7) is 1.18. The Balaban J connectivity index is 2.21. The molecule has 1 aliphatic heterocycles. The quantitative estimate of drug-likeness (QED) is 0.802. The normalized spacial score (nSPS) is 17.0. The monoisotopic (exact) mass is 334 g/mol. The molecule has 1 aliphatic rings. The lowest BCUT2D eigenvalue weighted by Crippen LogP contribution is -2.42. The minimum Gasteiger partial charge on any atom is -0.338 e. The minimum absolute atomic E-state index is 0.145. The smallest absolute Gasteiger partial charge is 0.255 e. The zero-order valence-electron chi connectivity index (χ0n) is 9.63. The third-order valence-corrected chi connectivity index (χ3v) is 3.99. The molecule has 6 heteroatoms. The van der Waals surface area contributed by atoms with Crippen LogP contribution in [0.15, 0.2) is 16.6 Å². The first kappa shape index (κ1) is 13.8. The summed E-state index contributed by atoms with van der Waals surface area (Å²) in [5.74, 6) is -0.727. The molecule has 1 amide bonds. The first-order valence-electron chi connectivity index (χ1n) is 5.68. The van der Waals surface area contributed by atoms with Crippen LogP contribution in [-0.2, 0) is 0 Å². The predicted molar refractivity (Wildman–Crippen MR) is 72.2 cm³/mol. The number of carbonyl (C=O) groups excluding carboxylic acids is 1. The molecule has 0 radical (unpaired) electrons. The molecule has 1 saturated heterocycles. The van der Waals surface area contributed by atoms with Gasteiger partial charge in [-0.05, 0) is 40.9 Å². The number of hydrogen-bond acceptors (Lipinski definition) is 2. The molecule has 0 saturated carbocycles. The topological polar surface area (TPSA) is 46.3 Å². The van der Waals surface area contributed by atoms with Gasteiger partial charge in [0.15, 0.2) is 0 Å². The molecule has 98 valence electrons. The van der Waals surface area contributed by atoms with Crippen molar-refractivity contribution in [3.05, 3.63) is 33.0 Å². The molecule has 3 nitrogen and oxygen atoms in total. The number of halogens is 3. The molecule has 0 bridgehead atoms. The molecule has 1 heterocycles. The van der Waals surface area contributed by atoms with Crippen molar-refractivity contribution in [3.8, 4) is 0 Å². The molecule has 1 aromatic carbocycles. The molecule has 2 rings (SSSR count). The number of carbonyl (C=O) groups is 1. The van der Waals surface area contributed by atoms with E-state index >= 15 is 0 Å². The average Bonchev–Trinajstić information content (AvgIpc) is 2.34. The van der Waals surface area contributed by atoms with Crippen LogP contribution in [0.25, 0.3) is 0 Å². The Kier molecular flexibility index (Phi) is 4.25. The van der Waals surface area contributed by atoms with Crippen LogP contribution in [0, 0.1) is 5.82 Å². The van der Waals surface area contributed by atoms with Gasteiger partial charge >= 0.3 is 0 Å². The maximum absolute atomic E-state index is 13.5. The van der Waals surface area contributed by atoms with Crippen LogP contribution in [0.4, 0.5) is 4.39 Å². The van der Waals surface area contributed by atoms with E-state index < -0.39 is 5.82 Å². The zero-order valence-corrected chi connectivity index (χ0v) is 12.0. The van der Waals surface area contributed by atoms with Crippen LogP contribution in [-0.4, -0.2) is 29.9 Å². The first-order valence-corrected chi connectivity index (χ1v) is 6.85. The van der Waals surface area contributed by atoms with E-state index in [0.29, 0.717) is 13.1 Å². The molecule has 0 aliphatic carbocycles. The second kappa shape index (κ2) is 5.55. The van der Waals surface area contributed by atoms with Crippen LogP contribution >= 0.6 is 27.5 Å². The van der Waals surface area contributed by atoms with Crippen molar-refractivity contribution in [1.29, 1.82) is 0 Å². The van der Waals surface area contributed by atoms with Crippen molar-refractivity contribution in [2.75, 3.05) is 13.1 Å². The Morgan fingerprint density at radius 2 is 2.06 bits per heavy atom. The molecule has 1 aromatic rings. The fourth-order valence-corrected chi connectivity index (χ4v) is 2.68. The fourth-order valence-electron chi connectivity index (χ4n) is 1.96. The molecule has 1 fully saturated rings. The third kappa shape index (κ3) is 2.84. The lowest BCUT2D eigenvalue weighted by molar-refractivity contribution is 0.0714. The minimum atomic E-state index is -0.489. The Bertz CT molecular complexity index is 475. The van der Waals surface area contributed by atoms with Gasteiger partial charge in [0.2, 0.25) is 0 Å². The number of benzene rings is 1. The summed E-state index contributed by atoms with van der Waals surface area (Å²) in [7, 11) is 0. The molecule has 18 heavy (non-hydrogen) atoms. The van der Waals surface area contributed by atoms with E-state index in [1.807, 2.05) is 0 Å². The molecule has 0 spiro atoms. The molecule has 2 N–H and O–H groups in total. The average molecular weight is 336 g/mol. The Morgan fingerprint density at radius 3 is 2.67 bits per heavy atom. The summed E-state index contributed by atoms with van der Waals surface area (Å²) in [5.41, 5.74) is 5.98. The fraction of sp³-hybridized carbons (Fsp3) is 0.417. The SMILES string of the molecule is NC1CCN(C(=O)c2cc(F)c(Br)cc2Cl)CC1. The zero-order chi connectivity index (χ0) is 13.3. The standard InChI is InChI=1S/C12H13BrClFN2O/c13-9-6-10(14)8(5-11(9)15)12(18)17-3-1-7(16)2-4-17/h5-7H,1-4,16H2. The summed E-state index contributed by atoms with van der Waals surface area (Å²) < 4.78 is 13.7. The largest absolute Gasteiger partial charge is 0.338 e. The maximum Gasteiger partial charge on any atom is 0.255 e. The Morgan fingerprint density at radius 1 is 1.44 bits per heavy atom. The highest BCUT2D eigenvalue weighted by molar-refractivity contribution is 9.10. The number of likely N-dealkylation sites (tertiary alicyclic amines) is 1. The van der Waals surface area contributed by atoms with Gasteiger partial charge in [0, 0.05) is 19.1 Å². The number of nitrogens with two attached hydrogens (primary N) is 1. The first-order chi connectivity index (χ1) is 8.49. The van der Waals surface area contributed by atoms with Crippen LogP contribution in [0.3, 0.4) is 0 Å². The summed E-state index contributed by atoms with van der Waals surface area (Å²) in [4.78, 5) is 13.9. The maximum atomic E-state index is 13.5. The van der Waals surface area contributed by atoms with Gasteiger partial charge < -0.3 is 10.6 Å². The van der Waals surface area contributed by atoms with Gasteiger partial charge in [0.1, 0.15) is 5.82 Å². The van der Waals surface area contributed by atoms with E-state index in [1.165, 1.54) is 12.1 Å². The summed E-state index contributed by atoms with van der Waals surface area (Å²) in [5, 5.41) is 0.253. The molecule has 0 aromatic heterocycles. The van der Waals surface area contributed by atoms with Crippen LogP contribution in [0.5, 0.6) is 0 Å². The van der Waals surface area contributed by atoms with Gasteiger partial charge in [-0.3, -0.25) is 4.79 Å². The number of piperidine rings is 1. The van der Waals surface area contributed by atoms with Gasteiger partial charge in [0.05, 0.1) is 15.1 Å². The van der Waals surface area contributed by atoms with E-state index in [-0.39, 0.29) is 27.0 Å². The van der Waals surface area contributed by atoms with E-state index in [1.54, 1.807) is 4.90 Å². The van der Waals surface area contributed by atoms with Crippen LogP contribution in [0.1, 0.15) is 23.2 Å². The van der Waals surface area contributed by atoms with Crippen molar-refractivity contribution in [2.45, 2.75) is 18.9 Å². The summed E-state index contributed by atoms with van der Waals surface area (Å²) in [6.07, 6.45) is 1.53. The van der Waals surface area contributed by atoms with E-state index in [9.17, 15) is 9.18 Å². The van der Waals surface area contributed by atoms with E-state index in [2.05, 4.69) is 15.9 Å². The summed E-state index contributed by atoms with van der Waals surface area (Å²) in [6, 6.07) is 2.72. The number of hydrogen-bond donors (Lipinski definition) is 1. The van der Waals surface area contributed by atoms with E-state index in [4.69, 9.17) is 17.3 Å². The second-order valence-electron chi connectivity index (χ2n) is 4.38. The number of amides is 1.